The summed E-state index contributed by atoms with van der Waals surface area (Å²) < 4.78 is 28.7. The van der Waals surface area contributed by atoms with Crippen molar-refractivity contribution in [1.82, 2.24) is 4.72 Å². The minimum Gasteiger partial charge on any atom is -0.211 e. The molecule has 2 aromatic rings. The normalized spacial score (nSPS) is 33.8. The summed E-state index contributed by atoms with van der Waals surface area (Å²) in [6.07, 6.45) is 7.82. The number of hydrogen-bond acceptors (Lipinski definition) is 2. The molecule has 2 aromatic carbocycles. The van der Waals surface area contributed by atoms with Crippen LogP contribution in [0, 0.1) is 23.2 Å². The predicted molar refractivity (Wildman–Crippen MR) is 99.7 cm³/mol. The van der Waals surface area contributed by atoms with Crippen LogP contribution in [0.5, 0.6) is 0 Å². The van der Waals surface area contributed by atoms with Crippen LogP contribution in [0.15, 0.2) is 47.4 Å². The highest BCUT2D eigenvalue weighted by Crippen LogP contribution is 2.59. The van der Waals surface area contributed by atoms with Gasteiger partial charge < -0.3 is 0 Å². The Labute approximate surface area is 149 Å². The van der Waals surface area contributed by atoms with Crippen molar-refractivity contribution in [2.24, 2.45) is 23.2 Å². The molecule has 4 bridgehead atoms. The molecular weight excluding hydrogens is 330 g/mol. The van der Waals surface area contributed by atoms with Gasteiger partial charge in [0, 0.05) is 6.54 Å². The molecule has 132 valence electrons. The molecule has 1 N–H and O–H groups in total. The number of rotatable bonds is 4. The minimum atomic E-state index is -3.45. The Hall–Kier alpha value is -1.39. The van der Waals surface area contributed by atoms with Gasteiger partial charge in [-0.1, -0.05) is 30.3 Å². The fourth-order valence-electron chi connectivity index (χ4n) is 6.17. The van der Waals surface area contributed by atoms with E-state index in [1.54, 1.807) is 12.1 Å². The third-order valence-electron chi connectivity index (χ3n) is 6.83. The highest BCUT2D eigenvalue weighted by molar-refractivity contribution is 7.89. The summed E-state index contributed by atoms with van der Waals surface area (Å²) in [6.45, 7) is 0.617. The zero-order valence-electron chi connectivity index (χ0n) is 14.4. The van der Waals surface area contributed by atoms with E-state index in [1.165, 1.54) is 38.5 Å². The van der Waals surface area contributed by atoms with E-state index >= 15 is 0 Å². The first-order valence-corrected chi connectivity index (χ1v) is 11.0. The van der Waals surface area contributed by atoms with Gasteiger partial charge in [-0.2, -0.15) is 0 Å². The first-order chi connectivity index (χ1) is 12.0. The van der Waals surface area contributed by atoms with Gasteiger partial charge in [-0.3, -0.25) is 0 Å². The molecular formula is C21H25NO2S. The second kappa shape index (κ2) is 5.55. The van der Waals surface area contributed by atoms with E-state index in [2.05, 4.69) is 4.72 Å². The standard InChI is InChI=1S/C21H25NO2S/c23-25(24,20-6-5-18-3-1-2-4-19(18)10-20)22-14-21-11-15-7-16(12-21)9-17(8-15)13-21/h1-6,10,15-17,22H,7-9,11-14H2. The van der Waals surface area contributed by atoms with Crippen LogP contribution in [0.2, 0.25) is 0 Å². The van der Waals surface area contributed by atoms with Gasteiger partial charge in [-0.05, 0) is 84.6 Å². The summed E-state index contributed by atoms with van der Waals surface area (Å²) >= 11 is 0. The maximum absolute atomic E-state index is 12.9. The summed E-state index contributed by atoms with van der Waals surface area (Å²) in [5.74, 6) is 2.53. The van der Waals surface area contributed by atoms with Crippen molar-refractivity contribution < 1.29 is 8.42 Å². The molecule has 0 amide bonds. The number of sulfonamides is 1. The zero-order valence-corrected chi connectivity index (χ0v) is 15.3. The molecule has 0 unspecified atom stereocenters. The van der Waals surface area contributed by atoms with Gasteiger partial charge in [0.15, 0.2) is 0 Å². The molecule has 4 aliphatic carbocycles. The van der Waals surface area contributed by atoms with Gasteiger partial charge in [0.25, 0.3) is 0 Å². The smallest absolute Gasteiger partial charge is 0.211 e. The Morgan fingerprint density at radius 1 is 0.880 bits per heavy atom. The predicted octanol–water partition coefficient (Wildman–Crippen LogP) is 4.33. The van der Waals surface area contributed by atoms with Crippen molar-refractivity contribution in [1.29, 1.82) is 0 Å². The van der Waals surface area contributed by atoms with Crippen LogP contribution < -0.4 is 4.72 Å². The second-order valence-electron chi connectivity index (χ2n) is 8.75. The van der Waals surface area contributed by atoms with Crippen LogP contribution in [0.4, 0.5) is 0 Å². The summed E-state index contributed by atoms with van der Waals surface area (Å²) in [5.41, 5.74) is 0.221. The van der Waals surface area contributed by atoms with Gasteiger partial charge in [-0.15, -0.1) is 0 Å². The average Bonchev–Trinajstić information content (AvgIpc) is 2.59. The summed E-state index contributed by atoms with van der Waals surface area (Å²) in [6, 6.07) is 13.3. The Bertz CT molecular complexity index is 883. The highest BCUT2D eigenvalue weighted by atomic mass is 32.2. The van der Waals surface area contributed by atoms with E-state index in [9.17, 15) is 8.42 Å². The number of benzene rings is 2. The summed E-state index contributed by atoms with van der Waals surface area (Å²) in [7, 11) is -3.45. The number of nitrogens with one attached hydrogen (secondary N) is 1. The molecule has 4 fully saturated rings. The van der Waals surface area contributed by atoms with Gasteiger partial charge >= 0.3 is 0 Å². The molecule has 0 atom stereocenters. The molecule has 3 nitrogen and oxygen atoms in total. The van der Waals surface area contributed by atoms with Gasteiger partial charge in [0.2, 0.25) is 10.0 Å². The lowest BCUT2D eigenvalue weighted by Gasteiger charge is -2.56. The fourth-order valence-corrected chi connectivity index (χ4v) is 7.36. The van der Waals surface area contributed by atoms with E-state index in [1.807, 2.05) is 30.3 Å². The van der Waals surface area contributed by atoms with Crippen molar-refractivity contribution in [3.8, 4) is 0 Å². The van der Waals surface area contributed by atoms with E-state index in [-0.39, 0.29) is 5.41 Å². The molecule has 0 saturated heterocycles. The van der Waals surface area contributed by atoms with E-state index in [0.717, 1.165) is 28.5 Å². The number of hydrogen-bond donors (Lipinski definition) is 1. The lowest BCUT2D eigenvalue weighted by Crippen LogP contribution is -2.51. The van der Waals surface area contributed by atoms with Gasteiger partial charge in [0.05, 0.1) is 4.90 Å². The van der Waals surface area contributed by atoms with Crippen molar-refractivity contribution in [3.63, 3.8) is 0 Å². The van der Waals surface area contributed by atoms with Crippen molar-refractivity contribution >= 4 is 20.8 Å². The first-order valence-electron chi connectivity index (χ1n) is 9.50. The molecule has 0 aliphatic heterocycles. The van der Waals surface area contributed by atoms with Crippen molar-refractivity contribution in [2.45, 2.75) is 43.4 Å². The Morgan fingerprint density at radius 2 is 1.48 bits per heavy atom. The van der Waals surface area contributed by atoms with Crippen LogP contribution in [-0.4, -0.2) is 15.0 Å². The first kappa shape index (κ1) is 15.8. The lowest BCUT2D eigenvalue weighted by atomic mass is 9.50. The molecule has 0 radical (unpaired) electrons. The largest absolute Gasteiger partial charge is 0.240 e. The Kier molecular flexibility index (Phi) is 3.52. The molecule has 6 rings (SSSR count). The number of fused-ring (bicyclic) bond motifs is 1. The van der Waals surface area contributed by atoms with Gasteiger partial charge in [-0.25, -0.2) is 13.1 Å². The SMILES string of the molecule is O=S(=O)(NCC12CC3CC(CC(C3)C1)C2)c1ccc2ccccc2c1. The minimum absolute atomic E-state index is 0.221. The van der Waals surface area contributed by atoms with E-state index in [4.69, 9.17) is 0 Å². The quantitative estimate of drug-likeness (QED) is 0.887. The monoisotopic (exact) mass is 355 g/mol. The molecule has 0 heterocycles. The maximum atomic E-state index is 12.9. The fraction of sp³-hybridized carbons (Fsp3) is 0.524. The van der Waals surface area contributed by atoms with E-state index < -0.39 is 10.0 Å². The van der Waals surface area contributed by atoms with Gasteiger partial charge in [0.1, 0.15) is 0 Å². The maximum Gasteiger partial charge on any atom is 0.240 e. The zero-order chi connectivity index (χ0) is 17.1. The lowest BCUT2D eigenvalue weighted by molar-refractivity contribution is -0.0487. The molecule has 4 aliphatic rings. The summed E-state index contributed by atoms with van der Waals surface area (Å²) in [4.78, 5) is 0.385. The van der Waals surface area contributed by atoms with E-state index in [0.29, 0.717) is 11.4 Å². The molecule has 4 saturated carbocycles. The average molecular weight is 356 g/mol. The van der Waals surface area contributed by atoms with Crippen molar-refractivity contribution in [2.75, 3.05) is 6.54 Å². The summed E-state index contributed by atoms with van der Waals surface area (Å²) in [5, 5.41) is 2.04. The second-order valence-corrected chi connectivity index (χ2v) is 10.5. The Balaban J connectivity index is 1.37. The molecule has 0 spiro atoms. The molecule has 25 heavy (non-hydrogen) atoms. The Morgan fingerprint density at radius 3 is 2.12 bits per heavy atom. The molecule has 0 aromatic heterocycles. The third kappa shape index (κ3) is 2.80. The van der Waals surface area contributed by atoms with Crippen LogP contribution in [-0.2, 0) is 10.0 Å². The molecule has 4 heteroatoms. The van der Waals surface area contributed by atoms with Crippen LogP contribution in [0.1, 0.15) is 38.5 Å². The highest BCUT2D eigenvalue weighted by Gasteiger charge is 2.50. The third-order valence-corrected chi connectivity index (χ3v) is 8.23. The van der Waals surface area contributed by atoms with Crippen LogP contribution >= 0.6 is 0 Å². The van der Waals surface area contributed by atoms with Crippen molar-refractivity contribution in [3.05, 3.63) is 42.5 Å². The van der Waals surface area contributed by atoms with Crippen LogP contribution in [0.3, 0.4) is 0 Å². The van der Waals surface area contributed by atoms with Crippen LogP contribution in [0.25, 0.3) is 10.8 Å². The topological polar surface area (TPSA) is 46.2 Å².